The minimum Gasteiger partial charge on any atom is -0.457 e. The predicted octanol–water partition coefficient (Wildman–Crippen LogP) is 12.6. The highest BCUT2D eigenvalue weighted by Crippen LogP contribution is 2.57. The number of ether oxygens (including phenoxy) is 4. The smallest absolute Gasteiger partial charge is 0.457 e. The van der Waals surface area contributed by atoms with Crippen molar-refractivity contribution >= 4 is 11.9 Å². The SMILES string of the molecule is FC(F)(F)C1CN(c2nc(OCC(F)(F)C(F)(F)C(F)(F)C(F)(F)F)nc(OCC(F)(F)C(F)(F)C(F)(F)C(F)(F)F)n2)C(C(F)(F)F)CN1c1nc(OCC(F)(F)C(F)(F)C(F)(F)C(F)(F)F)nc(OCC(F)(F)C(F)(F)C(F)(F)C(F)(F)F)n1. The van der Waals surface area contributed by atoms with Gasteiger partial charge in [0.15, 0.2) is 26.4 Å². The lowest BCUT2D eigenvalue weighted by molar-refractivity contribution is -0.398. The molecule has 1 saturated heterocycles. The van der Waals surface area contributed by atoms with Gasteiger partial charge in [-0.15, -0.1) is 9.97 Å². The fourth-order valence-electron chi connectivity index (χ4n) is 5.61. The Morgan fingerprint density at radius 3 is 0.558 bits per heavy atom. The first kappa shape index (κ1) is 74.1. The van der Waals surface area contributed by atoms with Gasteiger partial charge in [-0.2, -0.15) is 204 Å². The molecule has 0 aromatic carbocycles. The summed E-state index contributed by atoms with van der Waals surface area (Å²) >= 11 is 0. The zero-order chi connectivity index (χ0) is 68.1. The summed E-state index contributed by atoms with van der Waals surface area (Å²) in [4.78, 5) is 11.0. The van der Waals surface area contributed by atoms with Crippen LogP contribution in [0.1, 0.15) is 0 Å². The molecular weight excluding hydrogens is 1360 g/mol. The second-order valence-electron chi connectivity index (χ2n) is 16.4. The number of rotatable bonds is 22. The quantitative estimate of drug-likeness (QED) is 0.104. The van der Waals surface area contributed by atoms with Crippen LogP contribution < -0.4 is 28.7 Å². The van der Waals surface area contributed by atoms with Gasteiger partial charge in [-0.05, 0) is 0 Å². The monoisotopic (exact) mass is 1370 g/mol. The molecule has 3 heterocycles. The molecule has 1 aliphatic heterocycles. The van der Waals surface area contributed by atoms with Gasteiger partial charge in [-0.3, -0.25) is 0 Å². The molecule has 0 bridgehead atoms. The first-order chi connectivity index (χ1) is 37.5. The Morgan fingerprint density at radius 2 is 0.419 bits per heavy atom. The second kappa shape index (κ2) is 21.9. The van der Waals surface area contributed by atoms with Crippen molar-refractivity contribution in [2.75, 3.05) is 49.3 Å². The van der Waals surface area contributed by atoms with Crippen LogP contribution in [0.5, 0.6) is 24.0 Å². The van der Waals surface area contributed by atoms with E-state index < -0.39 is 205 Å². The van der Waals surface area contributed by atoms with E-state index in [1.54, 1.807) is 0 Å². The molecule has 54 heteroatoms. The lowest BCUT2D eigenvalue weighted by Gasteiger charge is -2.46. The van der Waals surface area contributed by atoms with Crippen LogP contribution >= 0.6 is 0 Å². The Labute approximate surface area is 439 Å². The molecule has 2 aromatic heterocycles. The molecule has 1 aliphatic rings. The fourth-order valence-corrected chi connectivity index (χ4v) is 5.61. The van der Waals surface area contributed by atoms with E-state index in [2.05, 4.69) is 48.9 Å². The number of halogens is 42. The second-order valence-corrected chi connectivity index (χ2v) is 16.4. The van der Waals surface area contributed by atoms with E-state index in [1.165, 1.54) is 0 Å². The Morgan fingerprint density at radius 1 is 0.256 bits per heavy atom. The standard InChI is InChI=1S/C32H14F42N8O4/c33-15(34,21(47,48)25(55,56)29(63,64)65)3-83-11-75-9(76-12(79-11)84-4-16(35,36)22(49,50)26(57,58)30(66,67)68)81-1-7(19(41,42)43)82(2-8(81)20(44,45)46)10-77-13(85-5-17(37,38)23(51,52)27(59,60)31(69,70)71)80-14(78-10)86-6-18(39,40)24(53,54)28(61,62)32(72,73)74/h7-8H,1-6H2. The van der Waals surface area contributed by atoms with E-state index in [0.717, 1.165) is 0 Å². The average Bonchev–Trinajstić information content (AvgIpc) is 1.38. The van der Waals surface area contributed by atoms with Crippen LogP contribution in [0.15, 0.2) is 0 Å². The van der Waals surface area contributed by atoms with E-state index >= 15 is 0 Å². The Kier molecular flexibility index (Phi) is 18.9. The van der Waals surface area contributed by atoms with Crippen LogP contribution in [0, 0.1) is 0 Å². The van der Waals surface area contributed by atoms with Crippen molar-refractivity contribution in [1.29, 1.82) is 0 Å². The zero-order valence-corrected chi connectivity index (χ0v) is 38.5. The molecule has 86 heavy (non-hydrogen) atoms. The van der Waals surface area contributed by atoms with E-state index in [0.29, 0.717) is 0 Å². The van der Waals surface area contributed by atoms with Gasteiger partial charge in [0.25, 0.3) is 0 Å². The van der Waals surface area contributed by atoms with Crippen molar-refractivity contribution in [3.8, 4) is 24.0 Å². The highest BCUT2D eigenvalue weighted by molar-refractivity contribution is 5.45. The number of aromatic nitrogens is 6. The molecule has 0 saturated carbocycles. The summed E-state index contributed by atoms with van der Waals surface area (Å²) in [6, 6.07) is -20.7. The highest BCUT2D eigenvalue weighted by Gasteiger charge is 2.85. The first-order valence-electron chi connectivity index (χ1n) is 20.0. The summed E-state index contributed by atoms with van der Waals surface area (Å²) in [6.07, 6.45) is -44.2. The third-order valence-corrected chi connectivity index (χ3v) is 10.3. The fraction of sp³-hybridized carbons (Fsp3) is 0.812. The third kappa shape index (κ3) is 13.3. The summed E-state index contributed by atoms with van der Waals surface area (Å²) in [5, 5.41) is 0. The summed E-state index contributed by atoms with van der Waals surface area (Å²) in [6.45, 7) is -21.9. The maximum atomic E-state index is 14.9. The third-order valence-electron chi connectivity index (χ3n) is 10.3. The maximum Gasteiger partial charge on any atom is 0.460 e. The Hall–Kier alpha value is -6.12. The van der Waals surface area contributed by atoms with Crippen LogP contribution in [-0.2, 0) is 0 Å². The van der Waals surface area contributed by atoms with Gasteiger partial charge in [0.2, 0.25) is 11.9 Å². The lowest BCUT2D eigenvalue weighted by atomic mass is 10.0. The largest absolute Gasteiger partial charge is 0.460 e. The summed E-state index contributed by atoms with van der Waals surface area (Å²) < 4.78 is 589. The molecule has 2 unspecified atom stereocenters. The van der Waals surface area contributed by atoms with Crippen molar-refractivity contribution < 1.29 is 203 Å². The van der Waals surface area contributed by atoms with Gasteiger partial charge in [-0.25, -0.2) is 0 Å². The molecule has 0 spiro atoms. The van der Waals surface area contributed by atoms with Gasteiger partial charge >= 0.3 is 132 Å². The van der Waals surface area contributed by atoms with Crippen molar-refractivity contribution in [2.45, 2.75) is 120 Å². The summed E-state index contributed by atoms with van der Waals surface area (Å²) in [7, 11) is 0. The summed E-state index contributed by atoms with van der Waals surface area (Å²) in [5.74, 6) is -97.3. The molecule has 3 rings (SSSR count). The van der Waals surface area contributed by atoms with Gasteiger partial charge in [0.1, 0.15) is 12.1 Å². The van der Waals surface area contributed by atoms with Crippen molar-refractivity contribution in [2.24, 2.45) is 0 Å². The van der Waals surface area contributed by atoms with Gasteiger partial charge in [0.05, 0.1) is 13.1 Å². The lowest BCUT2D eigenvalue weighted by Crippen LogP contribution is -2.67. The molecule has 1 fully saturated rings. The molecule has 500 valence electrons. The van der Waals surface area contributed by atoms with Gasteiger partial charge in [-0.1, -0.05) is 0 Å². The Balaban J connectivity index is 2.41. The van der Waals surface area contributed by atoms with E-state index in [4.69, 9.17) is 0 Å². The molecule has 0 radical (unpaired) electrons. The molecule has 0 aliphatic carbocycles. The van der Waals surface area contributed by atoms with Crippen LogP contribution in [-0.4, -0.2) is 190 Å². The number of nitrogens with zero attached hydrogens (tertiary/aromatic N) is 8. The predicted molar refractivity (Wildman–Crippen MR) is 180 cm³/mol. The molecule has 0 N–H and O–H groups in total. The van der Waals surface area contributed by atoms with E-state index in [1.807, 2.05) is 0 Å². The van der Waals surface area contributed by atoms with Gasteiger partial charge in [0, 0.05) is 0 Å². The molecule has 0 amide bonds. The van der Waals surface area contributed by atoms with Crippen molar-refractivity contribution in [3.63, 3.8) is 0 Å². The first-order valence-corrected chi connectivity index (χ1v) is 20.0. The van der Waals surface area contributed by atoms with Crippen molar-refractivity contribution in [1.82, 2.24) is 29.9 Å². The molecular formula is C32H14F42N8O4. The van der Waals surface area contributed by atoms with Crippen LogP contribution in [0.2, 0.25) is 0 Å². The molecule has 2 aromatic rings. The summed E-state index contributed by atoms with van der Waals surface area (Å²) in [5.41, 5.74) is 0. The number of anilines is 2. The minimum absolute atomic E-state index is 1.37. The van der Waals surface area contributed by atoms with Crippen LogP contribution in [0.3, 0.4) is 0 Å². The van der Waals surface area contributed by atoms with Crippen LogP contribution in [0.4, 0.5) is 196 Å². The van der Waals surface area contributed by atoms with E-state index in [-0.39, 0.29) is 0 Å². The minimum atomic E-state index is -7.92. The average molecular weight is 1370 g/mol. The normalized spacial score (nSPS) is 18.2. The number of hydrogen-bond donors (Lipinski definition) is 0. The topological polar surface area (TPSA) is 121 Å². The Bertz CT molecular complexity index is 2360. The zero-order valence-electron chi connectivity index (χ0n) is 38.5. The number of hydrogen-bond acceptors (Lipinski definition) is 12. The highest BCUT2D eigenvalue weighted by atomic mass is 19.5. The number of alkyl halides is 42. The molecule has 2 atom stereocenters. The van der Waals surface area contributed by atoms with Crippen LogP contribution in [0.25, 0.3) is 0 Å². The number of piperazine rings is 1. The maximum absolute atomic E-state index is 14.9. The van der Waals surface area contributed by atoms with E-state index in [9.17, 15) is 184 Å². The van der Waals surface area contributed by atoms with Gasteiger partial charge < -0.3 is 28.7 Å². The van der Waals surface area contributed by atoms with Crippen molar-refractivity contribution in [3.05, 3.63) is 0 Å². The molecule has 12 nitrogen and oxygen atoms in total.